The number of hydrogen-bond acceptors (Lipinski definition) is 4. The number of benzene rings is 2. The molecule has 3 rings (SSSR count). The summed E-state index contributed by atoms with van der Waals surface area (Å²) in [5, 5.41) is 5.56. The van der Waals surface area contributed by atoms with Crippen LogP contribution in [-0.2, 0) is 27.3 Å². The highest BCUT2D eigenvalue weighted by Crippen LogP contribution is 2.23. The van der Waals surface area contributed by atoms with Crippen LogP contribution in [0.3, 0.4) is 0 Å². The molecule has 0 aliphatic carbocycles. The molecule has 1 heterocycles. The highest BCUT2D eigenvalue weighted by Gasteiger charge is 2.27. The predicted molar refractivity (Wildman–Crippen MR) is 125 cm³/mol. The Morgan fingerprint density at radius 2 is 1.64 bits per heavy atom. The summed E-state index contributed by atoms with van der Waals surface area (Å²) in [6.07, 6.45) is 2.36. The predicted octanol–water partition coefficient (Wildman–Crippen LogP) is 2.01. The number of rotatable bonds is 8. The molecule has 33 heavy (non-hydrogen) atoms. The molecule has 0 aromatic heterocycles. The molecule has 8 heteroatoms. The van der Waals surface area contributed by atoms with Crippen molar-refractivity contribution in [3.8, 4) is 0 Å². The summed E-state index contributed by atoms with van der Waals surface area (Å²) in [4.78, 5) is 50.4. The number of nitrogens with zero attached hydrogens (tertiary/aromatic N) is 1. The number of anilines is 1. The molecule has 1 fully saturated rings. The van der Waals surface area contributed by atoms with Crippen molar-refractivity contribution >= 4 is 29.3 Å². The lowest BCUT2D eigenvalue weighted by molar-refractivity contribution is -0.123. The zero-order valence-electron chi connectivity index (χ0n) is 18.4. The van der Waals surface area contributed by atoms with Crippen molar-refractivity contribution in [3.05, 3.63) is 77.9 Å². The number of para-hydroxylation sites is 1. The maximum absolute atomic E-state index is 13.1. The highest BCUT2D eigenvalue weighted by atomic mass is 16.2. The maximum Gasteiger partial charge on any atom is 0.255 e. The number of likely N-dealkylation sites (tertiary alicyclic amines) is 1. The Balaban J connectivity index is 1.67. The topological polar surface area (TPSA) is 122 Å². The van der Waals surface area contributed by atoms with E-state index in [1.54, 1.807) is 29.2 Å². The largest absolute Gasteiger partial charge is 0.369 e. The lowest BCUT2D eigenvalue weighted by Gasteiger charge is -2.31. The molecule has 0 atom stereocenters. The molecule has 1 aliphatic rings. The average molecular weight is 449 g/mol. The van der Waals surface area contributed by atoms with Crippen molar-refractivity contribution in [2.45, 2.75) is 25.8 Å². The first-order valence-corrected chi connectivity index (χ1v) is 10.8. The summed E-state index contributed by atoms with van der Waals surface area (Å²) in [5.74, 6) is -1.30. The molecule has 2 aromatic rings. The van der Waals surface area contributed by atoms with Crippen molar-refractivity contribution in [1.82, 2.24) is 10.2 Å². The van der Waals surface area contributed by atoms with Gasteiger partial charge in [-0.25, -0.2) is 0 Å². The molecule has 0 unspecified atom stereocenters. The smallest absolute Gasteiger partial charge is 0.255 e. The third kappa shape index (κ3) is 6.29. The number of nitrogens with two attached hydrogens (primary N) is 1. The molecule has 4 amide bonds. The third-order valence-electron chi connectivity index (χ3n) is 5.72. The molecule has 8 nitrogen and oxygen atoms in total. The zero-order chi connectivity index (χ0) is 23.8. The van der Waals surface area contributed by atoms with Gasteiger partial charge in [0, 0.05) is 25.6 Å². The fourth-order valence-electron chi connectivity index (χ4n) is 3.84. The van der Waals surface area contributed by atoms with E-state index in [0.717, 1.165) is 11.1 Å². The van der Waals surface area contributed by atoms with Gasteiger partial charge in [-0.05, 0) is 42.2 Å². The molecule has 4 N–H and O–H groups in total. The first-order chi connectivity index (χ1) is 15.9. The standard InChI is InChI=1S/C25H28N4O4/c1-2-22(30)27-16-19-8-4-3-7-18(19)15-23(31)28-21-10-6-5-9-20(21)25(33)29-13-11-17(12-14-29)24(26)32/h2-10,17H,1,11-16H2,(H2,26,32)(H,27,30)(H,28,31). The summed E-state index contributed by atoms with van der Waals surface area (Å²) in [7, 11) is 0. The summed E-state index contributed by atoms with van der Waals surface area (Å²) < 4.78 is 0. The van der Waals surface area contributed by atoms with E-state index in [0.29, 0.717) is 37.2 Å². The van der Waals surface area contributed by atoms with Crippen molar-refractivity contribution in [1.29, 1.82) is 0 Å². The quantitative estimate of drug-likeness (QED) is 0.535. The van der Waals surface area contributed by atoms with Gasteiger partial charge in [0.2, 0.25) is 17.7 Å². The maximum atomic E-state index is 13.1. The van der Waals surface area contributed by atoms with E-state index in [9.17, 15) is 19.2 Å². The van der Waals surface area contributed by atoms with Crippen LogP contribution in [0, 0.1) is 5.92 Å². The van der Waals surface area contributed by atoms with Crippen molar-refractivity contribution in [2.75, 3.05) is 18.4 Å². The van der Waals surface area contributed by atoms with Gasteiger partial charge in [-0.1, -0.05) is 43.0 Å². The van der Waals surface area contributed by atoms with Gasteiger partial charge < -0.3 is 21.3 Å². The number of amides is 4. The monoisotopic (exact) mass is 448 g/mol. The van der Waals surface area contributed by atoms with E-state index in [1.807, 2.05) is 24.3 Å². The van der Waals surface area contributed by atoms with Gasteiger partial charge in [0.15, 0.2) is 0 Å². The first kappa shape index (κ1) is 23.7. The Labute approximate surface area is 192 Å². The summed E-state index contributed by atoms with van der Waals surface area (Å²) in [5.41, 5.74) is 7.81. The number of primary amides is 1. The summed E-state index contributed by atoms with van der Waals surface area (Å²) in [6.45, 7) is 4.60. The molecule has 2 aromatic carbocycles. The number of piperidine rings is 1. The molecule has 0 spiro atoms. The van der Waals surface area contributed by atoms with Crippen LogP contribution < -0.4 is 16.4 Å². The Hall–Kier alpha value is -3.94. The van der Waals surface area contributed by atoms with E-state index in [1.165, 1.54) is 6.08 Å². The Morgan fingerprint density at radius 3 is 2.30 bits per heavy atom. The molecule has 1 aliphatic heterocycles. The van der Waals surface area contributed by atoms with Crippen LogP contribution >= 0.6 is 0 Å². The lowest BCUT2D eigenvalue weighted by Crippen LogP contribution is -2.42. The Morgan fingerprint density at radius 1 is 1.00 bits per heavy atom. The van der Waals surface area contributed by atoms with E-state index >= 15 is 0 Å². The molecule has 1 saturated heterocycles. The van der Waals surface area contributed by atoms with Gasteiger partial charge in [-0.3, -0.25) is 19.2 Å². The van der Waals surface area contributed by atoms with Crippen LogP contribution in [0.4, 0.5) is 5.69 Å². The van der Waals surface area contributed by atoms with Crippen LogP contribution in [0.5, 0.6) is 0 Å². The van der Waals surface area contributed by atoms with Crippen LogP contribution in [-0.4, -0.2) is 41.6 Å². The Bertz CT molecular complexity index is 1060. The van der Waals surface area contributed by atoms with Gasteiger partial charge in [0.25, 0.3) is 5.91 Å². The lowest BCUT2D eigenvalue weighted by atomic mass is 9.95. The van der Waals surface area contributed by atoms with E-state index in [2.05, 4.69) is 17.2 Å². The van der Waals surface area contributed by atoms with Crippen LogP contribution in [0.2, 0.25) is 0 Å². The SMILES string of the molecule is C=CC(=O)NCc1ccccc1CC(=O)Nc1ccccc1C(=O)N1CCC(C(N)=O)CC1. The van der Waals surface area contributed by atoms with Gasteiger partial charge in [0.05, 0.1) is 17.7 Å². The molecule has 172 valence electrons. The second-order valence-corrected chi connectivity index (χ2v) is 7.93. The fourth-order valence-corrected chi connectivity index (χ4v) is 3.84. The average Bonchev–Trinajstić information content (AvgIpc) is 2.83. The van der Waals surface area contributed by atoms with Gasteiger partial charge in [-0.15, -0.1) is 0 Å². The minimum atomic E-state index is -0.334. The number of carbonyl (C=O) groups excluding carboxylic acids is 4. The first-order valence-electron chi connectivity index (χ1n) is 10.8. The number of nitrogens with one attached hydrogen (secondary N) is 2. The summed E-state index contributed by atoms with van der Waals surface area (Å²) >= 11 is 0. The molecule has 0 bridgehead atoms. The van der Waals surface area contributed by atoms with Crippen LogP contribution in [0.25, 0.3) is 0 Å². The third-order valence-corrected chi connectivity index (χ3v) is 5.72. The molecule has 0 saturated carbocycles. The second-order valence-electron chi connectivity index (χ2n) is 7.93. The van der Waals surface area contributed by atoms with E-state index < -0.39 is 0 Å². The Kier molecular flexibility index (Phi) is 7.96. The van der Waals surface area contributed by atoms with E-state index in [4.69, 9.17) is 5.73 Å². The minimum absolute atomic E-state index is 0.0899. The number of carbonyl (C=O) groups is 4. The number of hydrogen-bond donors (Lipinski definition) is 3. The van der Waals surface area contributed by atoms with Crippen molar-refractivity contribution in [2.24, 2.45) is 11.7 Å². The van der Waals surface area contributed by atoms with Gasteiger partial charge >= 0.3 is 0 Å². The van der Waals surface area contributed by atoms with Crippen molar-refractivity contribution in [3.63, 3.8) is 0 Å². The van der Waals surface area contributed by atoms with Gasteiger partial charge in [0.1, 0.15) is 0 Å². The minimum Gasteiger partial charge on any atom is -0.369 e. The fraction of sp³-hybridized carbons (Fsp3) is 0.280. The zero-order valence-corrected chi connectivity index (χ0v) is 18.4. The second kappa shape index (κ2) is 11.1. The highest BCUT2D eigenvalue weighted by molar-refractivity contribution is 6.04. The molecular formula is C25H28N4O4. The molecular weight excluding hydrogens is 420 g/mol. The molecule has 0 radical (unpaired) electrons. The van der Waals surface area contributed by atoms with Gasteiger partial charge in [-0.2, -0.15) is 0 Å². The van der Waals surface area contributed by atoms with Crippen LogP contribution in [0.15, 0.2) is 61.2 Å². The van der Waals surface area contributed by atoms with Crippen molar-refractivity contribution < 1.29 is 19.2 Å². The normalized spacial score (nSPS) is 13.8. The van der Waals surface area contributed by atoms with E-state index in [-0.39, 0.29) is 42.5 Å². The summed E-state index contributed by atoms with van der Waals surface area (Å²) in [6, 6.07) is 14.2. The van der Waals surface area contributed by atoms with Crippen LogP contribution in [0.1, 0.15) is 34.3 Å².